The van der Waals surface area contributed by atoms with E-state index in [1.54, 1.807) is 19.0 Å². The lowest BCUT2D eigenvalue weighted by Gasteiger charge is -2.38. The van der Waals surface area contributed by atoms with E-state index in [9.17, 15) is 9.59 Å². The van der Waals surface area contributed by atoms with Crippen molar-refractivity contribution in [1.82, 2.24) is 19.6 Å². The van der Waals surface area contributed by atoms with E-state index >= 15 is 0 Å². The van der Waals surface area contributed by atoms with Gasteiger partial charge >= 0.3 is 0 Å². The molecule has 2 amide bonds. The number of hydrogen-bond donors (Lipinski definition) is 0. The van der Waals surface area contributed by atoms with Crippen LogP contribution in [0.4, 0.5) is 0 Å². The second-order valence-corrected chi connectivity index (χ2v) is 6.21. The van der Waals surface area contributed by atoms with Gasteiger partial charge in [-0.2, -0.15) is 0 Å². The summed E-state index contributed by atoms with van der Waals surface area (Å²) in [7, 11) is 3.58. The fourth-order valence-electron chi connectivity index (χ4n) is 2.94. The number of amides is 2. The Morgan fingerprint density at radius 1 is 1.05 bits per heavy atom. The molecule has 0 aromatic rings. The predicted molar refractivity (Wildman–Crippen MR) is 83.6 cm³/mol. The largest absolute Gasteiger partial charge is 0.378 e. The average molecular weight is 312 g/mol. The lowest BCUT2D eigenvalue weighted by molar-refractivity contribution is -0.138. The Bertz CT molecular complexity index is 388. The maximum Gasteiger partial charge on any atom is 0.239 e. The summed E-state index contributed by atoms with van der Waals surface area (Å²) in [6, 6.07) is -0.0907. The number of rotatable bonds is 4. The molecule has 0 aromatic heterocycles. The van der Waals surface area contributed by atoms with Crippen LogP contribution in [-0.4, -0.2) is 111 Å². The first-order valence-corrected chi connectivity index (χ1v) is 8.02. The second-order valence-electron chi connectivity index (χ2n) is 6.21. The van der Waals surface area contributed by atoms with Gasteiger partial charge in [-0.15, -0.1) is 0 Å². The number of morpholine rings is 1. The van der Waals surface area contributed by atoms with Crippen LogP contribution in [0, 0.1) is 0 Å². The van der Waals surface area contributed by atoms with Crippen molar-refractivity contribution in [1.29, 1.82) is 0 Å². The summed E-state index contributed by atoms with van der Waals surface area (Å²) in [6.07, 6.45) is 0. The summed E-state index contributed by atoms with van der Waals surface area (Å²) in [5, 5.41) is 0. The Morgan fingerprint density at radius 3 is 2.18 bits per heavy atom. The highest BCUT2D eigenvalue weighted by atomic mass is 16.5. The van der Waals surface area contributed by atoms with Crippen LogP contribution in [0.25, 0.3) is 0 Å². The Balaban J connectivity index is 1.74. The van der Waals surface area contributed by atoms with Crippen molar-refractivity contribution in [2.45, 2.75) is 13.0 Å². The Hall–Kier alpha value is -1.18. The van der Waals surface area contributed by atoms with Crippen LogP contribution >= 0.6 is 0 Å². The highest BCUT2D eigenvalue weighted by Gasteiger charge is 2.28. The topological polar surface area (TPSA) is 56.3 Å². The van der Waals surface area contributed by atoms with Gasteiger partial charge < -0.3 is 14.5 Å². The molecular weight excluding hydrogens is 284 g/mol. The van der Waals surface area contributed by atoms with Crippen LogP contribution < -0.4 is 0 Å². The van der Waals surface area contributed by atoms with Crippen molar-refractivity contribution in [2.75, 3.05) is 73.1 Å². The molecule has 7 nitrogen and oxygen atoms in total. The van der Waals surface area contributed by atoms with E-state index in [-0.39, 0.29) is 17.9 Å². The lowest BCUT2D eigenvalue weighted by atomic mass is 10.2. The molecule has 2 aliphatic heterocycles. The third-order valence-electron chi connectivity index (χ3n) is 4.48. The molecule has 2 fully saturated rings. The van der Waals surface area contributed by atoms with Gasteiger partial charge in [0.2, 0.25) is 11.8 Å². The van der Waals surface area contributed by atoms with Crippen LogP contribution in [0.3, 0.4) is 0 Å². The molecule has 0 aliphatic carbocycles. The maximum atomic E-state index is 12.2. The van der Waals surface area contributed by atoms with Crippen molar-refractivity contribution in [3.05, 3.63) is 0 Å². The standard InChI is InChI=1S/C15H28N4O3/c1-13(15(21)16(2)3)18-6-4-17(5-7-18)12-14(20)19-8-10-22-11-9-19/h13H,4-12H2,1-3H3. The van der Waals surface area contributed by atoms with E-state index in [2.05, 4.69) is 9.80 Å². The number of hydrogen-bond acceptors (Lipinski definition) is 5. The van der Waals surface area contributed by atoms with E-state index in [0.29, 0.717) is 32.8 Å². The smallest absolute Gasteiger partial charge is 0.239 e. The monoisotopic (exact) mass is 312 g/mol. The highest BCUT2D eigenvalue weighted by molar-refractivity contribution is 5.81. The Kier molecular flexibility index (Phi) is 6.16. The number of carbonyl (C=O) groups is 2. The van der Waals surface area contributed by atoms with Gasteiger partial charge in [0.25, 0.3) is 0 Å². The van der Waals surface area contributed by atoms with E-state index < -0.39 is 0 Å². The van der Waals surface area contributed by atoms with Gasteiger partial charge in [-0.3, -0.25) is 19.4 Å². The zero-order chi connectivity index (χ0) is 16.1. The molecule has 126 valence electrons. The summed E-state index contributed by atoms with van der Waals surface area (Å²) in [6.45, 7) is 8.45. The lowest BCUT2D eigenvalue weighted by Crippen LogP contribution is -2.55. The van der Waals surface area contributed by atoms with Crippen molar-refractivity contribution >= 4 is 11.8 Å². The molecule has 2 rings (SSSR count). The average Bonchev–Trinajstić information content (AvgIpc) is 2.55. The highest BCUT2D eigenvalue weighted by Crippen LogP contribution is 2.09. The van der Waals surface area contributed by atoms with Crippen LogP contribution in [0.5, 0.6) is 0 Å². The molecule has 1 unspecified atom stereocenters. The molecule has 0 spiro atoms. The predicted octanol–water partition coefficient (Wildman–Crippen LogP) is -1.06. The minimum Gasteiger partial charge on any atom is -0.378 e. The van der Waals surface area contributed by atoms with Gasteiger partial charge in [0.1, 0.15) is 0 Å². The zero-order valence-electron chi connectivity index (χ0n) is 14.0. The van der Waals surface area contributed by atoms with Gasteiger partial charge in [-0.25, -0.2) is 0 Å². The molecular formula is C15H28N4O3. The van der Waals surface area contributed by atoms with E-state index in [1.807, 2.05) is 11.8 Å². The van der Waals surface area contributed by atoms with Crippen molar-refractivity contribution < 1.29 is 14.3 Å². The number of ether oxygens (including phenoxy) is 1. The van der Waals surface area contributed by atoms with Crippen molar-refractivity contribution in [2.24, 2.45) is 0 Å². The van der Waals surface area contributed by atoms with Gasteiger partial charge in [-0.05, 0) is 6.92 Å². The number of nitrogens with zero attached hydrogens (tertiary/aromatic N) is 4. The molecule has 22 heavy (non-hydrogen) atoms. The summed E-state index contributed by atoms with van der Waals surface area (Å²) in [5.74, 6) is 0.326. The molecule has 7 heteroatoms. The summed E-state index contributed by atoms with van der Waals surface area (Å²) < 4.78 is 5.27. The SMILES string of the molecule is CC(C(=O)N(C)C)N1CCN(CC(=O)N2CCOCC2)CC1. The quantitative estimate of drug-likeness (QED) is 0.662. The minimum atomic E-state index is -0.0907. The minimum absolute atomic E-state index is 0.0907. The van der Waals surface area contributed by atoms with Crippen LogP contribution in [-0.2, 0) is 14.3 Å². The van der Waals surface area contributed by atoms with E-state index in [0.717, 1.165) is 26.2 Å². The zero-order valence-corrected chi connectivity index (χ0v) is 14.0. The van der Waals surface area contributed by atoms with E-state index in [4.69, 9.17) is 4.74 Å². The fraction of sp³-hybridized carbons (Fsp3) is 0.867. The number of piperazine rings is 1. The first kappa shape index (κ1) is 17.2. The maximum absolute atomic E-state index is 12.2. The first-order chi connectivity index (χ1) is 10.5. The molecule has 0 bridgehead atoms. The molecule has 1 atom stereocenters. The third kappa shape index (κ3) is 4.41. The normalized spacial score (nSPS) is 22.4. The molecule has 0 saturated carbocycles. The molecule has 0 aromatic carbocycles. The summed E-state index contributed by atoms with van der Waals surface area (Å²) in [5.41, 5.74) is 0. The fourth-order valence-corrected chi connectivity index (χ4v) is 2.94. The summed E-state index contributed by atoms with van der Waals surface area (Å²) in [4.78, 5) is 32.1. The van der Waals surface area contributed by atoms with Gasteiger partial charge in [-0.1, -0.05) is 0 Å². The summed E-state index contributed by atoms with van der Waals surface area (Å²) >= 11 is 0. The molecule has 2 aliphatic rings. The van der Waals surface area contributed by atoms with Gasteiger partial charge in [0.15, 0.2) is 0 Å². The van der Waals surface area contributed by atoms with Gasteiger partial charge in [0.05, 0.1) is 25.8 Å². The first-order valence-electron chi connectivity index (χ1n) is 8.02. The Labute approximate surface area is 132 Å². The van der Waals surface area contributed by atoms with Crippen LogP contribution in [0.2, 0.25) is 0 Å². The van der Waals surface area contributed by atoms with Crippen molar-refractivity contribution in [3.8, 4) is 0 Å². The molecule has 0 N–H and O–H groups in total. The third-order valence-corrected chi connectivity index (χ3v) is 4.48. The number of likely N-dealkylation sites (N-methyl/N-ethyl adjacent to an activating group) is 1. The van der Waals surface area contributed by atoms with Crippen molar-refractivity contribution in [3.63, 3.8) is 0 Å². The van der Waals surface area contributed by atoms with Gasteiger partial charge in [0, 0.05) is 53.4 Å². The van der Waals surface area contributed by atoms with Crippen LogP contribution in [0.15, 0.2) is 0 Å². The molecule has 2 heterocycles. The Morgan fingerprint density at radius 2 is 1.64 bits per heavy atom. The second kappa shape index (κ2) is 7.89. The number of carbonyl (C=O) groups excluding carboxylic acids is 2. The molecule has 2 saturated heterocycles. The molecule has 0 radical (unpaired) electrons. The van der Waals surface area contributed by atoms with Crippen LogP contribution in [0.1, 0.15) is 6.92 Å². The van der Waals surface area contributed by atoms with E-state index in [1.165, 1.54) is 0 Å².